The summed E-state index contributed by atoms with van der Waals surface area (Å²) < 4.78 is 5.47. The lowest BCUT2D eigenvalue weighted by molar-refractivity contribution is 0.140. The molecule has 1 N–H and O–H groups in total. The van der Waals surface area contributed by atoms with E-state index in [4.69, 9.17) is 4.74 Å². The van der Waals surface area contributed by atoms with Crippen LogP contribution < -0.4 is 5.32 Å². The average molecular weight is 263 g/mol. The Morgan fingerprint density at radius 3 is 2.43 bits per heavy atom. The van der Waals surface area contributed by atoms with E-state index < -0.39 is 0 Å². The first kappa shape index (κ1) is 10.9. The number of ether oxygens (including phenoxy) is 1. The normalized spacial score (nSPS) is 37.1. The molecule has 0 aromatic heterocycles. The lowest BCUT2D eigenvalue weighted by Crippen LogP contribution is -2.43. The van der Waals surface area contributed by atoms with Crippen molar-refractivity contribution in [2.45, 2.75) is 17.9 Å². The second kappa shape index (κ2) is 4.47. The maximum atomic E-state index is 5.47. The molecule has 2 rings (SSSR count). The van der Waals surface area contributed by atoms with Crippen molar-refractivity contribution in [1.29, 1.82) is 0 Å². The second-order valence-corrected chi connectivity index (χ2v) is 5.43. The van der Waals surface area contributed by atoms with Crippen LogP contribution in [0.1, 0.15) is 6.92 Å². The summed E-state index contributed by atoms with van der Waals surface area (Å²) in [6.07, 6.45) is 0. The molecule has 4 atom stereocenters. The van der Waals surface area contributed by atoms with Gasteiger partial charge in [0, 0.05) is 31.0 Å². The fraction of sp³-hybridized carbons (Fsp3) is 1.00. The Balaban J connectivity index is 1.89. The van der Waals surface area contributed by atoms with E-state index >= 15 is 0 Å². The third-order valence-electron chi connectivity index (χ3n) is 3.54. The van der Waals surface area contributed by atoms with Crippen molar-refractivity contribution in [2.75, 3.05) is 33.4 Å². The van der Waals surface area contributed by atoms with Gasteiger partial charge in [0.25, 0.3) is 0 Å². The standard InChI is InChI=1S/C10H19BrN2O/c1-7(10(11)12-2)13-3-8-5-14-6-9(8)4-13/h7-10,12H,3-6H2,1-2H3/t7?,8?,9?,10-/m0/s1. The molecule has 14 heavy (non-hydrogen) atoms. The first-order valence-corrected chi connectivity index (χ1v) is 6.27. The molecule has 2 heterocycles. The fourth-order valence-corrected chi connectivity index (χ4v) is 2.82. The first-order valence-electron chi connectivity index (χ1n) is 5.35. The van der Waals surface area contributed by atoms with Gasteiger partial charge < -0.3 is 10.1 Å². The number of fused-ring (bicyclic) bond motifs is 1. The Labute approximate surface area is 94.3 Å². The van der Waals surface area contributed by atoms with Gasteiger partial charge in [-0.1, -0.05) is 15.9 Å². The van der Waals surface area contributed by atoms with E-state index in [1.165, 1.54) is 13.1 Å². The molecule has 0 bridgehead atoms. The van der Waals surface area contributed by atoms with Crippen molar-refractivity contribution in [3.8, 4) is 0 Å². The van der Waals surface area contributed by atoms with Gasteiger partial charge in [-0.2, -0.15) is 0 Å². The van der Waals surface area contributed by atoms with Crippen molar-refractivity contribution in [2.24, 2.45) is 11.8 Å². The minimum atomic E-state index is 0.391. The molecule has 0 spiro atoms. The molecule has 3 nitrogen and oxygen atoms in total. The largest absolute Gasteiger partial charge is 0.381 e. The zero-order valence-electron chi connectivity index (χ0n) is 8.87. The van der Waals surface area contributed by atoms with Gasteiger partial charge in [0.05, 0.1) is 18.2 Å². The Kier molecular flexibility index (Phi) is 3.47. The molecule has 0 saturated carbocycles. The van der Waals surface area contributed by atoms with Gasteiger partial charge in [0.2, 0.25) is 0 Å². The zero-order valence-corrected chi connectivity index (χ0v) is 10.5. The van der Waals surface area contributed by atoms with Crippen molar-refractivity contribution < 1.29 is 4.74 Å². The minimum absolute atomic E-state index is 0.391. The van der Waals surface area contributed by atoms with Gasteiger partial charge in [0.1, 0.15) is 0 Å². The number of likely N-dealkylation sites (N-methyl/N-ethyl adjacent to an activating group) is 1. The summed E-state index contributed by atoms with van der Waals surface area (Å²) >= 11 is 3.65. The molecule has 2 aliphatic heterocycles. The molecule has 0 aromatic carbocycles. The van der Waals surface area contributed by atoms with E-state index in [1.54, 1.807) is 0 Å². The average Bonchev–Trinajstić information content (AvgIpc) is 2.74. The van der Waals surface area contributed by atoms with Crippen LogP contribution in [0.5, 0.6) is 0 Å². The van der Waals surface area contributed by atoms with E-state index in [2.05, 4.69) is 33.1 Å². The number of nitrogens with zero attached hydrogens (tertiary/aromatic N) is 1. The highest BCUT2D eigenvalue weighted by atomic mass is 79.9. The van der Waals surface area contributed by atoms with Crippen LogP contribution in [0.4, 0.5) is 0 Å². The SMILES string of the molecule is CN[C@H](Br)C(C)N1CC2COCC2C1. The molecule has 3 unspecified atom stereocenters. The lowest BCUT2D eigenvalue weighted by atomic mass is 10.0. The van der Waals surface area contributed by atoms with Crippen LogP contribution in [-0.4, -0.2) is 49.2 Å². The first-order chi connectivity index (χ1) is 6.72. The Bertz CT molecular complexity index is 191. The quantitative estimate of drug-likeness (QED) is 0.604. The van der Waals surface area contributed by atoms with E-state index in [-0.39, 0.29) is 0 Å². The summed E-state index contributed by atoms with van der Waals surface area (Å²) in [6.45, 7) is 6.63. The molecule has 4 heteroatoms. The number of likely N-dealkylation sites (tertiary alicyclic amines) is 1. The summed E-state index contributed by atoms with van der Waals surface area (Å²) in [5.41, 5.74) is 0. The summed E-state index contributed by atoms with van der Waals surface area (Å²) in [5.74, 6) is 1.57. The number of halogens is 1. The van der Waals surface area contributed by atoms with Crippen molar-refractivity contribution >= 4 is 15.9 Å². The van der Waals surface area contributed by atoms with Crippen molar-refractivity contribution in [3.63, 3.8) is 0 Å². The predicted molar refractivity (Wildman–Crippen MR) is 60.6 cm³/mol. The Morgan fingerprint density at radius 2 is 1.93 bits per heavy atom. The Hall–Kier alpha value is 0.360. The molecule has 2 saturated heterocycles. The maximum Gasteiger partial charge on any atom is 0.0783 e. The van der Waals surface area contributed by atoms with Crippen LogP contribution in [0.3, 0.4) is 0 Å². The number of nitrogens with one attached hydrogen (secondary N) is 1. The zero-order chi connectivity index (χ0) is 10.1. The van der Waals surface area contributed by atoms with Gasteiger partial charge in [-0.05, 0) is 14.0 Å². The monoisotopic (exact) mass is 262 g/mol. The second-order valence-electron chi connectivity index (χ2n) is 4.44. The number of rotatable bonds is 3. The van der Waals surface area contributed by atoms with E-state index in [0.29, 0.717) is 11.0 Å². The smallest absolute Gasteiger partial charge is 0.0783 e. The molecule has 82 valence electrons. The molecule has 0 aromatic rings. The van der Waals surface area contributed by atoms with E-state index in [9.17, 15) is 0 Å². The molecular formula is C10H19BrN2O. The van der Waals surface area contributed by atoms with E-state index in [1.807, 2.05) is 7.05 Å². The van der Waals surface area contributed by atoms with E-state index in [0.717, 1.165) is 25.0 Å². The number of alkyl halides is 1. The minimum Gasteiger partial charge on any atom is -0.381 e. The van der Waals surface area contributed by atoms with Crippen molar-refractivity contribution in [3.05, 3.63) is 0 Å². The van der Waals surface area contributed by atoms with Crippen LogP contribution in [0.15, 0.2) is 0 Å². The van der Waals surface area contributed by atoms with Gasteiger partial charge in [0.15, 0.2) is 0 Å². The number of hydrogen-bond donors (Lipinski definition) is 1. The van der Waals surface area contributed by atoms with Gasteiger partial charge >= 0.3 is 0 Å². The van der Waals surface area contributed by atoms with Crippen LogP contribution in [-0.2, 0) is 4.74 Å². The highest BCUT2D eigenvalue weighted by Gasteiger charge is 2.39. The highest BCUT2D eigenvalue weighted by molar-refractivity contribution is 9.09. The van der Waals surface area contributed by atoms with Crippen LogP contribution in [0, 0.1) is 11.8 Å². The molecule has 0 amide bonds. The van der Waals surface area contributed by atoms with Gasteiger partial charge in [-0.3, -0.25) is 4.90 Å². The predicted octanol–water partition coefficient (Wildman–Crippen LogP) is 0.893. The molecular weight excluding hydrogens is 244 g/mol. The highest BCUT2D eigenvalue weighted by Crippen LogP contribution is 2.31. The molecule has 0 radical (unpaired) electrons. The molecule has 0 aliphatic carbocycles. The summed E-state index contributed by atoms with van der Waals surface area (Å²) in [6, 6.07) is 0.561. The van der Waals surface area contributed by atoms with Crippen LogP contribution in [0.2, 0.25) is 0 Å². The summed E-state index contributed by atoms with van der Waals surface area (Å²) in [4.78, 5) is 2.95. The van der Waals surface area contributed by atoms with Gasteiger partial charge in [-0.15, -0.1) is 0 Å². The van der Waals surface area contributed by atoms with Gasteiger partial charge in [-0.25, -0.2) is 0 Å². The fourth-order valence-electron chi connectivity index (χ4n) is 2.48. The summed E-state index contributed by atoms with van der Waals surface area (Å²) in [7, 11) is 2.00. The van der Waals surface area contributed by atoms with Crippen LogP contribution in [0.25, 0.3) is 0 Å². The number of hydrogen-bond acceptors (Lipinski definition) is 3. The van der Waals surface area contributed by atoms with Crippen LogP contribution >= 0.6 is 15.9 Å². The molecule has 2 fully saturated rings. The lowest BCUT2D eigenvalue weighted by Gasteiger charge is -2.28. The third kappa shape index (κ3) is 1.98. The Morgan fingerprint density at radius 1 is 1.36 bits per heavy atom. The maximum absolute atomic E-state index is 5.47. The van der Waals surface area contributed by atoms with Crippen molar-refractivity contribution in [1.82, 2.24) is 10.2 Å². The topological polar surface area (TPSA) is 24.5 Å². The molecule has 2 aliphatic rings. The summed E-state index contributed by atoms with van der Waals surface area (Å²) in [5, 5.41) is 3.25. The third-order valence-corrected chi connectivity index (χ3v) is 4.77.